The highest BCUT2D eigenvalue weighted by molar-refractivity contribution is 6.00. The topological polar surface area (TPSA) is 124 Å². The number of aliphatic hydroxyl groups excluding tert-OH is 1. The van der Waals surface area contributed by atoms with Crippen molar-refractivity contribution in [2.45, 2.75) is 152 Å². The van der Waals surface area contributed by atoms with Crippen LogP contribution in [-0.2, 0) is 30.5 Å². The summed E-state index contributed by atoms with van der Waals surface area (Å²) < 4.78 is 20.1. The summed E-state index contributed by atoms with van der Waals surface area (Å²) in [5.41, 5.74) is 0.986. The van der Waals surface area contributed by atoms with Crippen molar-refractivity contribution in [1.82, 2.24) is 9.80 Å². The van der Waals surface area contributed by atoms with Crippen LogP contribution in [0.4, 0.5) is 4.39 Å². The van der Waals surface area contributed by atoms with Crippen molar-refractivity contribution < 1.29 is 38.5 Å². The number of esters is 1. The zero-order valence-corrected chi connectivity index (χ0v) is 37.9. The van der Waals surface area contributed by atoms with E-state index in [1.807, 2.05) is 19.0 Å². The van der Waals surface area contributed by atoms with E-state index in [4.69, 9.17) is 4.74 Å². The molecule has 9 nitrogen and oxygen atoms in total. The van der Waals surface area contributed by atoms with Crippen LogP contribution in [-0.4, -0.2) is 83.0 Å². The van der Waals surface area contributed by atoms with E-state index >= 15 is 0 Å². The molecule has 0 aliphatic heterocycles. The lowest BCUT2D eigenvalue weighted by molar-refractivity contribution is -0.235. The van der Waals surface area contributed by atoms with E-state index in [-0.39, 0.29) is 102 Å². The molecule has 2 N–H and O–H groups in total. The van der Waals surface area contributed by atoms with E-state index < -0.39 is 22.9 Å². The Labute approximate surface area is 352 Å². The lowest BCUT2D eigenvalue weighted by atomic mass is 9.33. The SMILES string of the molecule is CC(C)C1=C2[C@H]3CC[C@@H]4[C@@]5(C)CC[C@H](OC(=O)CC(C)(C)CC(=O)O)C(C)(C)[C@@H]5CC[C@@]4(C)[C@]3(C)CC[C@@]2([C@@H](O)CN(Cc2ccc(F)cc2)C(=O)CN(C)C)CC1=O. The van der Waals surface area contributed by atoms with Crippen LogP contribution in [0.25, 0.3) is 0 Å². The number of rotatable bonds is 13. The summed E-state index contributed by atoms with van der Waals surface area (Å²) in [7, 11) is 3.69. The second-order valence-corrected chi connectivity index (χ2v) is 22.3. The summed E-state index contributed by atoms with van der Waals surface area (Å²) in [4.78, 5) is 56.4. The fourth-order valence-electron chi connectivity index (χ4n) is 14.2. The van der Waals surface area contributed by atoms with E-state index in [9.17, 15) is 33.8 Å². The summed E-state index contributed by atoms with van der Waals surface area (Å²) in [6.45, 7) is 20.4. The molecule has 0 heterocycles. The number of aliphatic hydroxyl groups is 1. The first kappa shape index (κ1) is 45.4. The van der Waals surface area contributed by atoms with Crippen LogP contribution < -0.4 is 0 Å². The first-order valence-corrected chi connectivity index (χ1v) is 22.4. The number of hydrogen-bond donors (Lipinski definition) is 2. The number of allylic oxidation sites excluding steroid dienone is 1. The van der Waals surface area contributed by atoms with Crippen LogP contribution in [0.5, 0.6) is 0 Å². The van der Waals surface area contributed by atoms with Gasteiger partial charge in [-0.1, -0.05) is 80.0 Å². The van der Waals surface area contributed by atoms with Crippen molar-refractivity contribution in [2.24, 2.45) is 56.2 Å². The fraction of sp³-hybridized carbons (Fsp3) is 0.755. The molecule has 1 aromatic carbocycles. The lowest BCUT2D eigenvalue weighted by Crippen LogP contribution is -2.66. The maximum atomic E-state index is 14.3. The zero-order valence-electron chi connectivity index (χ0n) is 37.9. The number of carboxylic acids is 1. The standard InChI is InChI=1S/C49H73FN2O7/c1-30(2)42-34(53)24-49(37(54)28-52(39(55)29-51(10)11)27-31-12-14-32(50)15-13-31)23-22-47(8)33(43(42)49)16-17-36-46(7)20-19-38(45(5,6)35(46)18-21-48(36,47)9)59-41(58)26-44(3,4)25-40(56)57/h12-15,30,33,35-38,54H,16-29H2,1-11H3,(H,56,57)/t33-,35+,36-,37+,38+,46+,47-,48-,49+/m1/s1. The van der Waals surface area contributed by atoms with Crippen LogP contribution in [0.1, 0.15) is 139 Å². The summed E-state index contributed by atoms with van der Waals surface area (Å²) in [6.07, 6.45) is 6.31. The highest BCUT2D eigenvalue weighted by Crippen LogP contribution is 2.77. The minimum absolute atomic E-state index is 0.00638. The number of ketones is 1. The molecule has 5 aliphatic carbocycles. The number of fused-ring (bicyclic) bond motifs is 7. The van der Waals surface area contributed by atoms with E-state index in [2.05, 4.69) is 48.5 Å². The molecule has 0 aromatic heterocycles. The lowest BCUT2D eigenvalue weighted by Gasteiger charge is -2.72. The molecule has 9 atom stereocenters. The van der Waals surface area contributed by atoms with Crippen LogP contribution in [0, 0.1) is 62.0 Å². The van der Waals surface area contributed by atoms with E-state index in [1.54, 1.807) is 30.9 Å². The highest BCUT2D eigenvalue weighted by Gasteiger charge is 2.71. The van der Waals surface area contributed by atoms with Gasteiger partial charge in [0.15, 0.2) is 5.78 Å². The van der Waals surface area contributed by atoms with E-state index in [1.165, 1.54) is 12.1 Å². The highest BCUT2D eigenvalue weighted by atomic mass is 19.1. The number of hydrogen-bond acceptors (Lipinski definition) is 7. The summed E-state index contributed by atoms with van der Waals surface area (Å²) in [5, 5.41) is 22.0. The fourth-order valence-corrected chi connectivity index (χ4v) is 14.2. The largest absolute Gasteiger partial charge is 0.481 e. The van der Waals surface area contributed by atoms with Gasteiger partial charge < -0.3 is 24.7 Å². The Morgan fingerprint density at radius 3 is 2.17 bits per heavy atom. The molecule has 59 heavy (non-hydrogen) atoms. The Morgan fingerprint density at radius 2 is 1.56 bits per heavy atom. The van der Waals surface area contributed by atoms with Gasteiger partial charge in [-0.3, -0.25) is 19.2 Å². The van der Waals surface area contributed by atoms with Gasteiger partial charge in [0.25, 0.3) is 0 Å². The van der Waals surface area contributed by atoms with E-state index in [0.717, 1.165) is 61.7 Å². The molecule has 4 fully saturated rings. The van der Waals surface area contributed by atoms with Crippen molar-refractivity contribution in [3.63, 3.8) is 0 Å². The summed E-state index contributed by atoms with van der Waals surface area (Å²) in [6, 6.07) is 6.16. The van der Waals surface area contributed by atoms with Crippen LogP contribution in [0.3, 0.4) is 0 Å². The minimum Gasteiger partial charge on any atom is -0.481 e. The van der Waals surface area contributed by atoms with Crippen molar-refractivity contribution in [2.75, 3.05) is 27.2 Å². The zero-order chi connectivity index (χ0) is 43.7. The Hall–Kier alpha value is -3.11. The number of benzene rings is 1. The molecule has 0 saturated heterocycles. The number of amides is 1. The second kappa shape index (κ2) is 16.0. The van der Waals surface area contributed by atoms with Gasteiger partial charge >= 0.3 is 11.9 Å². The van der Waals surface area contributed by atoms with Crippen molar-refractivity contribution in [3.8, 4) is 0 Å². The molecular formula is C49H73FN2O7. The van der Waals surface area contributed by atoms with Crippen LogP contribution >= 0.6 is 0 Å². The molecule has 328 valence electrons. The Bertz CT molecular complexity index is 1840. The molecular weight excluding hydrogens is 748 g/mol. The first-order valence-electron chi connectivity index (χ1n) is 22.4. The van der Waals surface area contributed by atoms with Gasteiger partial charge in [-0.25, -0.2) is 4.39 Å². The average molecular weight is 821 g/mol. The molecule has 4 saturated carbocycles. The Kier molecular flexibility index (Phi) is 12.3. The third-order valence-corrected chi connectivity index (χ3v) is 17.1. The van der Waals surface area contributed by atoms with Gasteiger partial charge in [0, 0.05) is 30.3 Å². The number of likely N-dealkylation sites (N-methyl/N-ethyl adjacent to an activating group) is 1. The van der Waals surface area contributed by atoms with Gasteiger partial charge in [0.1, 0.15) is 11.9 Å². The quantitative estimate of drug-likeness (QED) is 0.189. The van der Waals surface area contributed by atoms with Gasteiger partial charge in [-0.2, -0.15) is 0 Å². The predicted molar refractivity (Wildman–Crippen MR) is 226 cm³/mol. The van der Waals surface area contributed by atoms with E-state index in [0.29, 0.717) is 18.3 Å². The first-order chi connectivity index (χ1) is 27.3. The van der Waals surface area contributed by atoms with Gasteiger partial charge in [-0.05, 0) is 134 Å². The van der Waals surface area contributed by atoms with Crippen LogP contribution in [0.15, 0.2) is 35.4 Å². The van der Waals surface area contributed by atoms with Crippen molar-refractivity contribution >= 4 is 23.6 Å². The average Bonchev–Trinajstić information content (AvgIpc) is 3.42. The maximum absolute atomic E-state index is 14.3. The number of Topliss-reactive ketones (excluding diaryl/α,β-unsaturated/α-hetero) is 1. The van der Waals surface area contributed by atoms with Crippen LogP contribution in [0.2, 0.25) is 0 Å². The molecule has 10 heteroatoms. The molecule has 6 rings (SSSR count). The number of carboxylic acid groups (broad SMARTS) is 1. The third-order valence-electron chi connectivity index (χ3n) is 17.1. The van der Waals surface area contributed by atoms with Crippen molar-refractivity contribution in [1.29, 1.82) is 0 Å². The number of carbonyl (C=O) groups is 4. The smallest absolute Gasteiger partial charge is 0.306 e. The molecule has 0 bridgehead atoms. The Morgan fingerprint density at radius 1 is 0.898 bits per heavy atom. The monoisotopic (exact) mass is 821 g/mol. The molecule has 5 aliphatic rings. The minimum atomic E-state index is -0.943. The number of halogens is 1. The number of aliphatic carboxylic acids is 1. The molecule has 1 amide bonds. The van der Waals surface area contributed by atoms with Crippen molar-refractivity contribution in [3.05, 3.63) is 46.8 Å². The summed E-state index contributed by atoms with van der Waals surface area (Å²) >= 11 is 0. The van der Waals surface area contributed by atoms with Gasteiger partial charge in [0.05, 0.1) is 25.5 Å². The van der Waals surface area contributed by atoms with Gasteiger partial charge in [0.2, 0.25) is 5.91 Å². The maximum Gasteiger partial charge on any atom is 0.306 e. The summed E-state index contributed by atoms with van der Waals surface area (Å²) in [5.74, 6) is -0.684. The number of carbonyl (C=O) groups excluding carboxylic acids is 3. The Balaban J connectivity index is 1.29. The predicted octanol–water partition coefficient (Wildman–Crippen LogP) is 8.86. The molecule has 0 unspecified atom stereocenters. The van der Waals surface area contributed by atoms with Gasteiger partial charge in [-0.15, -0.1) is 0 Å². The second-order valence-electron chi connectivity index (χ2n) is 22.3. The third kappa shape index (κ3) is 7.96. The molecule has 0 radical (unpaired) electrons. The number of nitrogens with zero attached hydrogens (tertiary/aromatic N) is 2. The normalized spacial score (nSPS) is 34.5. The molecule has 0 spiro atoms. The molecule has 1 aromatic rings. The number of ether oxygens (including phenoxy) is 1.